The lowest BCUT2D eigenvalue weighted by Crippen LogP contribution is -2.38. The highest BCUT2D eigenvalue weighted by molar-refractivity contribution is 7.07. The average molecular weight is 306 g/mol. The molecule has 1 saturated heterocycles. The first-order chi connectivity index (χ1) is 8.75. The molecule has 6 heteroatoms. The molecule has 1 unspecified atom stereocenters. The minimum Gasteiger partial charge on any atom is -0.481 e. The number of rotatable bonds is 6. The maximum atomic E-state index is 10.4. The second-order valence-corrected chi connectivity index (χ2v) is 5.35. The Balaban J connectivity index is 0.00000180. The zero-order valence-electron chi connectivity index (χ0n) is 10.8. The topological polar surface area (TPSA) is 49.8 Å². The van der Waals surface area contributed by atoms with Crippen LogP contribution in [0.1, 0.15) is 30.9 Å². The summed E-state index contributed by atoms with van der Waals surface area (Å²) in [4.78, 5) is 12.8. The minimum atomic E-state index is -0.701. The fourth-order valence-corrected chi connectivity index (χ4v) is 2.88. The van der Waals surface area contributed by atoms with Crippen molar-refractivity contribution < 1.29 is 14.6 Å². The number of carboxylic acid groups (broad SMARTS) is 1. The first-order valence-electron chi connectivity index (χ1n) is 6.33. The fraction of sp³-hybridized carbons (Fsp3) is 0.615. The molecule has 2 rings (SSSR count). The first-order valence-corrected chi connectivity index (χ1v) is 7.28. The van der Waals surface area contributed by atoms with Gasteiger partial charge in [-0.15, -0.1) is 12.4 Å². The number of morpholine rings is 1. The van der Waals surface area contributed by atoms with Gasteiger partial charge < -0.3 is 9.84 Å². The zero-order chi connectivity index (χ0) is 12.8. The molecule has 19 heavy (non-hydrogen) atoms. The molecule has 0 aliphatic carbocycles. The number of nitrogens with zero attached hydrogens (tertiary/aromatic N) is 1. The van der Waals surface area contributed by atoms with Gasteiger partial charge in [-0.1, -0.05) is 0 Å². The summed E-state index contributed by atoms with van der Waals surface area (Å²) < 4.78 is 5.77. The highest BCUT2D eigenvalue weighted by atomic mass is 35.5. The molecule has 0 spiro atoms. The van der Waals surface area contributed by atoms with E-state index in [4.69, 9.17) is 9.84 Å². The van der Waals surface area contributed by atoms with Crippen LogP contribution in [0.25, 0.3) is 0 Å². The molecule has 2 heterocycles. The third-order valence-electron chi connectivity index (χ3n) is 3.18. The molecule has 1 aromatic heterocycles. The van der Waals surface area contributed by atoms with Crippen molar-refractivity contribution in [3.8, 4) is 0 Å². The number of carboxylic acids is 1. The van der Waals surface area contributed by atoms with Gasteiger partial charge in [0.2, 0.25) is 0 Å². The van der Waals surface area contributed by atoms with Crippen LogP contribution in [-0.2, 0) is 9.53 Å². The number of hydrogen-bond donors (Lipinski definition) is 1. The third-order valence-corrected chi connectivity index (χ3v) is 3.88. The largest absolute Gasteiger partial charge is 0.481 e. The summed E-state index contributed by atoms with van der Waals surface area (Å²) in [6.07, 6.45) is 2.17. The van der Waals surface area contributed by atoms with E-state index in [1.807, 2.05) is 0 Å². The summed E-state index contributed by atoms with van der Waals surface area (Å²) in [6, 6.07) is 2.11. The van der Waals surface area contributed by atoms with Crippen LogP contribution < -0.4 is 0 Å². The van der Waals surface area contributed by atoms with Crippen LogP contribution in [0.5, 0.6) is 0 Å². The lowest BCUT2D eigenvalue weighted by molar-refractivity contribution is -0.137. The van der Waals surface area contributed by atoms with Gasteiger partial charge >= 0.3 is 5.97 Å². The van der Waals surface area contributed by atoms with Crippen LogP contribution in [0.15, 0.2) is 16.8 Å². The Bertz CT molecular complexity index is 372. The van der Waals surface area contributed by atoms with Gasteiger partial charge in [-0.05, 0) is 41.8 Å². The van der Waals surface area contributed by atoms with E-state index >= 15 is 0 Å². The molecule has 108 valence electrons. The van der Waals surface area contributed by atoms with Crippen molar-refractivity contribution in [2.45, 2.75) is 25.4 Å². The van der Waals surface area contributed by atoms with E-state index in [-0.39, 0.29) is 24.9 Å². The Labute approximate surface area is 123 Å². The van der Waals surface area contributed by atoms with Crippen molar-refractivity contribution in [3.05, 3.63) is 22.4 Å². The molecule has 0 amide bonds. The van der Waals surface area contributed by atoms with E-state index in [0.717, 1.165) is 39.1 Å². The molecule has 1 fully saturated rings. The second kappa shape index (κ2) is 8.53. The van der Waals surface area contributed by atoms with Gasteiger partial charge in [0, 0.05) is 19.5 Å². The second-order valence-electron chi connectivity index (χ2n) is 4.57. The van der Waals surface area contributed by atoms with Gasteiger partial charge in [-0.2, -0.15) is 11.3 Å². The zero-order valence-corrected chi connectivity index (χ0v) is 12.4. The van der Waals surface area contributed by atoms with E-state index in [1.165, 1.54) is 5.56 Å². The SMILES string of the molecule is Cl.O=C(O)CCCCN1CCOC(c2ccsc2)C1. The predicted octanol–water partition coefficient (Wildman–Crippen LogP) is 2.80. The summed E-state index contributed by atoms with van der Waals surface area (Å²) in [5.74, 6) is -0.701. The van der Waals surface area contributed by atoms with Crippen LogP contribution in [0.3, 0.4) is 0 Å². The lowest BCUT2D eigenvalue weighted by atomic mass is 10.1. The lowest BCUT2D eigenvalue weighted by Gasteiger charge is -2.32. The average Bonchev–Trinajstić information content (AvgIpc) is 2.89. The van der Waals surface area contributed by atoms with E-state index < -0.39 is 5.97 Å². The van der Waals surface area contributed by atoms with Crippen molar-refractivity contribution in [2.75, 3.05) is 26.2 Å². The summed E-state index contributed by atoms with van der Waals surface area (Å²) in [6.45, 7) is 3.61. The van der Waals surface area contributed by atoms with Gasteiger partial charge in [0.1, 0.15) is 0 Å². The van der Waals surface area contributed by atoms with E-state index in [0.29, 0.717) is 0 Å². The molecule has 1 aliphatic heterocycles. The molecule has 0 aromatic carbocycles. The number of unbranched alkanes of at least 4 members (excludes halogenated alkanes) is 1. The fourth-order valence-electron chi connectivity index (χ4n) is 2.18. The summed E-state index contributed by atoms with van der Waals surface area (Å²) in [5.41, 5.74) is 1.26. The van der Waals surface area contributed by atoms with Crippen LogP contribution in [0.4, 0.5) is 0 Å². The number of aliphatic carboxylic acids is 1. The predicted molar refractivity (Wildman–Crippen MR) is 78.2 cm³/mol. The Morgan fingerprint density at radius 1 is 1.53 bits per heavy atom. The summed E-state index contributed by atoms with van der Waals surface area (Å²) in [7, 11) is 0. The molecule has 1 atom stereocenters. The Morgan fingerprint density at radius 2 is 2.37 bits per heavy atom. The number of carbonyl (C=O) groups is 1. The number of ether oxygens (including phenoxy) is 1. The van der Waals surface area contributed by atoms with Crippen molar-refractivity contribution in [1.82, 2.24) is 4.90 Å². The van der Waals surface area contributed by atoms with E-state index in [9.17, 15) is 4.79 Å². The van der Waals surface area contributed by atoms with Gasteiger partial charge in [0.15, 0.2) is 0 Å². The molecule has 4 nitrogen and oxygen atoms in total. The molecule has 1 N–H and O–H groups in total. The van der Waals surface area contributed by atoms with Crippen molar-refractivity contribution >= 4 is 29.7 Å². The monoisotopic (exact) mass is 305 g/mol. The van der Waals surface area contributed by atoms with Gasteiger partial charge in [-0.25, -0.2) is 0 Å². The highest BCUT2D eigenvalue weighted by Crippen LogP contribution is 2.24. The highest BCUT2D eigenvalue weighted by Gasteiger charge is 2.21. The molecular formula is C13H20ClNO3S. The van der Waals surface area contributed by atoms with Crippen LogP contribution in [0, 0.1) is 0 Å². The number of halogens is 1. The summed E-state index contributed by atoms with van der Waals surface area (Å²) >= 11 is 1.70. The maximum absolute atomic E-state index is 10.4. The molecule has 0 saturated carbocycles. The Kier molecular flexibility index (Phi) is 7.38. The minimum absolute atomic E-state index is 0. The van der Waals surface area contributed by atoms with E-state index in [1.54, 1.807) is 11.3 Å². The molecule has 0 bridgehead atoms. The van der Waals surface area contributed by atoms with Crippen molar-refractivity contribution in [2.24, 2.45) is 0 Å². The smallest absolute Gasteiger partial charge is 0.303 e. The maximum Gasteiger partial charge on any atom is 0.303 e. The molecule has 0 radical (unpaired) electrons. The molecule has 1 aromatic rings. The third kappa shape index (κ3) is 5.48. The first kappa shape index (κ1) is 16.4. The summed E-state index contributed by atoms with van der Waals surface area (Å²) in [5, 5.41) is 12.8. The van der Waals surface area contributed by atoms with Gasteiger partial charge in [0.05, 0.1) is 12.7 Å². The molecular weight excluding hydrogens is 286 g/mol. The quantitative estimate of drug-likeness (QED) is 0.821. The Hall–Kier alpha value is -0.620. The standard InChI is InChI=1S/C13H19NO3S.ClH/c15-13(16)3-1-2-5-14-6-7-17-12(9-14)11-4-8-18-10-11;/h4,8,10,12H,1-3,5-7,9H2,(H,15,16);1H. The Morgan fingerprint density at radius 3 is 3.05 bits per heavy atom. The van der Waals surface area contributed by atoms with E-state index in [2.05, 4.69) is 21.7 Å². The van der Waals surface area contributed by atoms with Crippen LogP contribution in [-0.4, -0.2) is 42.2 Å². The van der Waals surface area contributed by atoms with Crippen LogP contribution >= 0.6 is 23.7 Å². The van der Waals surface area contributed by atoms with Crippen LogP contribution in [0.2, 0.25) is 0 Å². The number of hydrogen-bond acceptors (Lipinski definition) is 4. The normalized spacial score (nSPS) is 19.9. The van der Waals surface area contributed by atoms with Crippen molar-refractivity contribution in [1.29, 1.82) is 0 Å². The van der Waals surface area contributed by atoms with Crippen molar-refractivity contribution in [3.63, 3.8) is 0 Å². The number of thiophene rings is 1. The van der Waals surface area contributed by atoms with Gasteiger partial charge in [0.25, 0.3) is 0 Å². The molecule has 1 aliphatic rings. The van der Waals surface area contributed by atoms with Gasteiger partial charge in [-0.3, -0.25) is 9.69 Å².